The summed E-state index contributed by atoms with van der Waals surface area (Å²) in [6.07, 6.45) is 5.78. The van der Waals surface area contributed by atoms with Crippen molar-refractivity contribution in [3.8, 4) is 0 Å². The molecule has 2 N–H and O–H groups in total. The van der Waals surface area contributed by atoms with Gasteiger partial charge in [-0.2, -0.15) is 0 Å². The topological polar surface area (TPSA) is 83.6 Å². The number of carbonyl (C=O) groups excluding carboxylic acids is 2. The van der Waals surface area contributed by atoms with Crippen molar-refractivity contribution in [1.82, 2.24) is 20.5 Å². The molecule has 2 unspecified atom stereocenters. The van der Waals surface area contributed by atoms with Gasteiger partial charge < -0.3 is 20.3 Å². The van der Waals surface area contributed by atoms with E-state index < -0.39 is 6.04 Å². The first-order chi connectivity index (χ1) is 11.7. The molecule has 2 saturated heterocycles. The largest absolute Gasteiger partial charge is 0.376 e. The second kappa shape index (κ2) is 9.70. The number of aromatic nitrogens is 1. The number of piperazine rings is 1. The lowest BCUT2D eigenvalue weighted by atomic mass is 10.1. The van der Waals surface area contributed by atoms with Crippen molar-refractivity contribution in [3.05, 3.63) is 30.1 Å². The van der Waals surface area contributed by atoms with Crippen LogP contribution in [0.15, 0.2) is 24.5 Å². The molecule has 0 aliphatic carbocycles. The molecule has 2 amide bonds. The van der Waals surface area contributed by atoms with Crippen LogP contribution in [-0.4, -0.2) is 60.1 Å². The summed E-state index contributed by atoms with van der Waals surface area (Å²) in [7, 11) is 0. The number of nitrogens with one attached hydrogen (secondary N) is 2. The molecule has 0 bridgehead atoms. The number of hydrogen-bond donors (Lipinski definition) is 2. The predicted octanol–water partition coefficient (Wildman–Crippen LogP) is 0.489. The summed E-state index contributed by atoms with van der Waals surface area (Å²) in [5, 5.41) is 5.99. The first kappa shape index (κ1) is 19.6. The minimum Gasteiger partial charge on any atom is -0.376 e. The Kier molecular flexibility index (Phi) is 7.61. The van der Waals surface area contributed by atoms with Crippen LogP contribution in [0.1, 0.15) is 24.8 Å². The van der Waals surface area contributed by atoms with Crippen molar-refractivity contribution < 1.29 is 14.3 Å². The summed E-state index contributed by atoms with van der Waals surface area (Å²) in [5.41, 5.74) is 0.939. The standard InChI is InChI=1S/C17H24N4O3.ClH/c22-16(20-11-13-3-1-5-18-10-13)9-15-17(23)21(7-6-19-15)12-14-4-2-8-24-14;/h1,3,5,10,14-15,19H,2,4,6-9,11-12H2,(H,20,22);1H. The van der Waals surface area contributed by atoms with E-state index in [9.17, 15) is 9.59 Å². The van der Waals surface area contributed by atoms with E-state index in [1.165, 1.54) is 0 Å². The van der Waals surface area contributed by atoms with Crippen molar-refractivity contribution in [2.45, 2.75) is 38.0 Å². The molecule has 0 saturated carbocycles. The molecular formula is C17H25ClN4O3. The van der Waals surface area contributed by atoms with Gasteiger partial charge in [0.25, 0.3) is 0 Å². The van der Waals surface area contributed by atoms with Crippen LogP contribution in [0.5, 0.6) is 0 Å². The third-order valence-electron chi connectivity index (χ3n) is 4.43. The maximum atomic E-state index is 12.5. The number of ether oxygens (including phenoxy) is 1. The van der Waals surface area contributed by atoms with Crippen LogP contribution >= 0.6 is 12.4 Å². The molecule has 7 nitrogen and oxygen atoms in total. The molecule has 1 aromatic rings. The molecule has 0 aromatic carbocycles. The quantitative estimate of drug-likeness (QED) is 0.763. The highest BCUT2D eigenvalue weighted by molar-refractivity contribution is 5.88. The average Bonchev–Trinajstić information content (AvgIpc) is 3.11. The van der Waals surface area contributed by atoms with Gasteiger partial charge in [-0.1, -0.05) is 6.07 Å². The van der Waals surface area contributed by atoms with Gasteiger partial charge in [-0.3, -0.25) is 14.6 Å². The fourth-order valence-corrected chi connectivity index (χ4v) is 3.13. The molecule has 3 rings (SSSR count). The van der Waals surface area contributed by atoms with E-state index in [0.29, 0.717) is 26.2 Å². The molecule has 0 spiro atoms. The normalized spacial score (nSPS) is 23.2. The number of pyridine rings is 1. The van der Waals surface area contributed by atoms with Gasteiger partial charge in [-0.15, -0.1) is 12.4 Å². The summed E-state index contributed by atoms with van der Waals surface area (Å²) in [6.45, 7) is 3.22. The van der Waals surface area contributed by atoms with Gasteiger partial charge in [-0.25, -0.2) is 0 Å². The van der Waals surface area contributed by atoms with Gasteiger partial charge in [0.15, 0.2) is 0 Å². The molecule has 2 fully saturated rings. The highest BCUT2D eigenvalue weighted by Crippen LogP contribution is 2.15. The Hall–Kier alpha value is -1.70. The van der Waals surface area contributed by atoms with Crippen molar-refractivity contribution in [2.24, 2.45) is 0 Å². The van der Waals surface area contributed by atoms with Crippen LogP contribution in [-0.2, 0) is 20.9 Å². The molecule has 1 aromatic heterocycles. The Bertz CT molecular complexity index is 566. The zero-order valence-electron chi connectivity index (χ0n) is 14.1. The van der Waals surface area contributed by atoms with Crippen LogP contribution in [0.25, 0.3) is 0 Å². The number of amides is 2. The fourth-order valence-electron chi connectivity index (χ4n) is 3.13. The van der Waals surface area contributed by atoms with E-state index >= 15 is 0 Å². The SMILES string of the molecule is Cl.O=C(CC1NCCN(CC2CCCO2)C1=O)NCc1cccnc1. The van der Waals surface area contributed by atoms with Gasteiger partial charge in [0.05, 0.1) is 18.6 Å². The predicted molar refractivity (Wildman–Crippen MR) is 95.3 cm³/mol. The van der Waals surface area contributed by atoms with E-state index in [1.54, 1.807) is 12.4 Å². The lowest BCUT2D eigenvalue weighted by Gasteiger charge is -2.34. The number of hydrogen-bond acceptors (Lipinski definition) is 5. The van der Waals surface area contributed by atoms with Gasteiger partial charge in [0.1, 0.15) is 0 Å². The first-order valence-electron chi connectivity index (χ1n) is 8.52. The van der Waals surface area contributed by atoms with Crippen molar-refractivity contribution in [2.75, 3.05) is 26.2 Å². The second-order valence-corrected chi connectivity index (χ2v) is 6.27. The van der Waals surface area contributed by atoms with Crippen LogP contribution in [0.3, 0.4) is 0 Å². The molecule has 2 atom stereocenters. The Morgan fingerprint density at radius 2 is 2.36 bits per heavy atom. The maximum Gasteiger partial charge on any atom is 0.240 e. The number of carbonyl (C=O) groups is 2. The van der Waals surface area contributed by atoms with Gasteiger partial charge >= 0.3 is 0 Å². The number of nitrogens with zero attached hydrogens (tertiary/aromatic N) is 2. The third kappa shape index (κ3) is 5.66. The molecule has 25 heavy (non-hydrogen) atoms. The van der Waals surface area contributed by atoms with Crippen LogP contribution in [0.4, 0.5) is 0 Å². The Morgan fingerprint density at radius 3 is 3.08 bits per heavy atom. The van der Waals surface area contributed by atoms with Crippen molar-refractivity contribution >= 4 is 24.2 Å². The lowest BCUT2D eigenvalue weighted by molar-refractivity contribution is -0.139. The molecule has 3 heterocycles. The Morgan fingerprint density at radius 1 is 1.48 bits per heavy atom. The zero-order valence-corrected chi connectivity index (χ0v) is 15.0. The van der Waals surface area contributed by atoms with Gasteiger partial charge in [-0.05, 0) is 24.5 Å². The molecule has 2 aliphatic rings. The molecule has 138 valence electrons. The minimum absolute atomic E-state index is 0. The van der Waals surface area contributed by atoms with E-state index in [0.717, 1.165) is 25.0 Å². The van der Waals surface area contributed by atoms with E-state index in [4.69, 9.17) is 4.74 Å². The second-order valence-electron chi connectivity index (χ2n) is 6.27. The summed E-state index contributed by atoms with van der Waals surface area (Å²) in [5.74, 6) is -0.142. The van der Waals surface area contributed by atoms with E-state index in [2.05, 4.69) is 15.6 Å². The lowest BCUT2D eigenvalue weighted by Crippen LogP contribution is -2.57. The van der Waals surface area contributed by atoms with Gasteiger partial charge in [0, 0.05) is 45.2 Å². The molecule has 0 radical (unpaired) electrons. The minimum atomic E-state index is -0.450. The monoisotopic (exact) mass is 368 g/mol. The Labute approximate surface area is 153 Å². The fraction of sp³-hybridized carbons (Fsp3) is 0.588. The summed E-state index contributed by atoms with van der Waals surface area (Å²) in [4.78, 5) is 30.5. The Balaban J connectivity index is 0.00000225. The molecular weight excluding hydrogens is 344 g/mol. The number of rotatable bonds is 6. The van der Waals surface area contributed by atoms with Crippen LogP contribution in [0, 0.1) is 0 Å². The average molecular weight is 369 g/mol. The summed E-state index contributed by atoms with van der Waals surface area (Å²) < 4.78 is 5.61. The van der Waals surface area contributed by atoms with Crippen molar-refractivity contribution in [1.29, 1.82) is 0 Å². The molecule has 2 aliphatic heterocycles. The maximum absolute atomic E-state index is 12.5. The number of halogens is 1. The van der Waals surface area contributed by atoms with Crippen molar-refractivity contribution in [3.63, 3.8) is 0 Å². The highest BCUT2D eigenvalue weighted by atomic mass is 35.5. The summed E-state index contributed by atoms with van der Waals surface area (Å²) in [6, 6.07) is 3.28. The van der Waals surface area contributed by atoms with E-state index in [-0.39, 0.29) is 36.7 Å². The zero-order chi connectivity index (χ0) is 16.8. The van der Waals surface area contributed by atoms with Crippen LogP contribution in [0.2, 0.25) is 0 Å². The molecule has 8 heteroatoms. The first-order valence-corrected chi connectivity index (χ1v) is 8.52. The highest BCUT2D eigenvalue weighted by Gasteiger charge is 2.32. The third-order valence-corrected chi connectivity index (χ3v) is 4.43. The van der Waals surface area contributed by atoms with E-state index in [1.807, 2.05) is 17.0 Å². The smallest absolute Gasteiger partial charge is 0.240 e. The van der Waals surface area contributed by atoms with Crippen LogP contribution < -0.4 is 10.6 Å². The summed E-state index contributed by atoms with van der Waals surface area (Å²) >= 11 is 0. The van der Waals surface area contributed by atoms with Gasteiger partial charge in [0.2, 0.25) is 11.8 Å².